The maximum absolute atomic E-state index is 13.7. The van der Waals surface area contributed by atoms with Gasteiger partial charge in [-0.3, -0.25) is 0 Å². The smallest absolute Gasteiger partial charge is 0.153 e. The van der Waals surface area contributed by atoms with Crippen molar-refractivity contribution in [3.8, 4) is 0 Å². The molecule has 0 N–H and O–H groups in total. The van der Waals surface area contributed by atoms with Crippen molar-refractivity contribution < 1.29 is 4.57 Å². The Balaban J connectivity index is 2.19. The van der Waals surface area contributed by atoms with E-state index in [0.29, 0.717) is 0 Å². The van der Waals surface area contributed by atoms with Gasteiger partial charge in [0.1, 0.15) is 0 Å². The minimum absolute atomic E-state index is 0.0303. The summed E-state index contributed by atoms with van der Waals surface area (Å²) in [4.78, 5) is 0. The Morgan fingerprint density at radius 3 is 1.53 bits per heavy atom. The van der Waals surface area contributed by atoms with Gasteiger partial charge >= 0.3 is 0 Å². The van der Waals surface area contributed by atoms with Gasteiger partial charge in [-0.1, -0.05) is 85.0 Å². The Kier molecular flexibility index (Phi) is 3.23. The largest absolute Gasteiger partial charge is 0.313 e. The SMILES string of the molecule is O=P(c1ccccc1)(c1ccccc1)C1C=CC=C1. The van der Waals surface area contributed by atoms with Crippen LogP contribution in [0.4, 0.5) is 0 Å². The first-order valence-electron chi connectivity index (χ1n) is 6.38. The maximum Gasteiger partial charge on any atom is 0.153 e. The Hall–Kier alpha value is -1.85. The van der Waals surface area contributed by atoms with Gasteiger partial charge in [-0.25, -0.2) is 0 Å². The van der Waals surface area contributed by atoms with E-state index in [-0.39, 0.29) is 5.66 Å². The van der Waals surface area contributed by atoms with Gasteiger partial charge in [-0.2, -0.15) is 0 Å². The molecule has 2 heteroatoms. The first-order chi connectivity index (χ1) is 9.32. The molecule has 0 aromatic heterocycles. The molecule has 2 aromatic carbocycles. The lowest BCUT2D eigenvalue weighted by Crippen LogP contribution is -2.22. The molecule has 0 heterocycles. The highest BCUT2D eigenvalue weighted by atomic mass is 31.2. The standard InChI is InChI=1S/C17H15OP/c18-19(17-13-7-8-14-17,15-9-3-1-4-10-15)16-11-5-2-6-12-16/h1-14,17H. The Labute approximate surface area is 113 Å². The molecule has 0 radical (unpaired) electrons. The lowest BCUT2D eigenvalue weighted by molar-refractivity contribution is 0.586. The fourth-order valence-corrected chi connectivity index (χ4v) is 5.36. The number of allylic oxidation sites excluding steroid dienone is 4. The first-order valence-corrected chi connectivity index (χ1v) is 8.15. The molecular weight excluding hydrogens is 251 g/mol. The Morgan fingerprint density at radius 1 is 0.684 bits per heavy atom. The summed E-state index contributed by atoms with van der Waals surface area (Å²) in [5.41, 5.74) is -0.0303. The fourth-order valence-electron chi connectivity index (χ4n) is 2.45. The second kappa shape index (κ2) is 5.03. The minimum Gasteiger partial charge on any atom is -0.313 e. The van der Waals surface area contributed by atoms with Crippen LogP contribution in [-0.2, 0) is 4.57 Å². The molecule has 1 nitrogen and oxygen atoms in total. The van der Waals surface area contributed by atoms with Gasteiger partial charge in [-0.05, 0) is 0 Å². The average molecular weight is 266 g/mol. The fraction of sp³-hybridized carbons (Fsp3) is 0.0588. The predicted molar refractivity (Wildman–Crippen MR) is 81.8 cm³/mol. The van der Waals surface area contributed by atoms with Gasteiger partial charge in [0.15, 0.2) is 7.14 Å². The van der Waals surface area contributed by atoms with E-state index in [1.54, 1.807) is 0 Å². The van der Waals surface area contributed by atoms with Crippen LogP contribution in [0.25, 0.3) is 0 Å². The molecule has 0 atom stereocenters. The Morgan fingerprint density at radius 2 is 1.11 bits per heavy atom. The van der Waals surface area contributed by atoms with Gasteiger partial charge in [0.25, 0.3) is 0 Å². The average Bonchev–Trinajstić information content (AvgIpc) is 3.03. The highest BCUT2D eigenvalue weighted by molar-refractivity contribution is 7.79. The van der Waals surface area contributed by atoms with Crippen molar-refractivity contribution in [2.24, 2.45) is 0 Å². The second-order valence-corrected chi connectivity index (χ2v) is 7.53. The van der Waals surface area contributed by atoms with E-state index in [1.807, 2.05) is 85.0 Å². The number of hydrogen-bond acceptors (Lipinski definition) is 1. The van der Waals surface area contributed by atoms with Crippen LogP contribution in [0.1, 0.15) is 0 Å². The number of hydrogen-bond donors (Lipinski definition) is 0. The van der Waals surface area contributed by atoms with Gasteiger partial charge in [0.05, 0.1) is 5.66 Å². The maximum atomic E-state index is 13.7. The first kappa shape index (κ1) is 12.2. The van der Waals surface area contributed by atoms with Crippen LogP contribution in [0, 0.1) is 0 Å². The number of rotatable bonds is 3. The van der Waals surface area contributed by atoms with E-state index in [4.69, 9.17) is 0 Å². The molecule has 0 fully saturated rings. The summed E-state index contributed by atoms with van der Waals surface area (Å²) in [5, 5.41) is 1.84. The third-order valence-corrected chi connectivity index (χ3v) is 6.74. The summed E-state index contributed by atoms with van der Waals surface area (Å²) in [7, 11) is -2.65. The van der Waals surface area contributed by atoms with Crippen LogP contribution >= 0.6 is 7.14 Å². The van der Waals surface area contributed by atoms with Gasteiger partial charge in [0.2, 0.25) is 0 Å². The van der Waals surface area contributed by atoms with Crippen LogP contribution in [-0.4, -0.2) is 5.66 Å². The zero-order chi connectivity index (χ0) is 13.1. The lowest BCUT2D eigenvalue weighted by atomic mass is 10.4. The molecule has 19 heavy (non-hydrogen) atoms. The van der Waals surface area contributed by atoms with Gasteiger partial charge in [0, 0.05) is 10.6 Å². The summed E-state index contributed by atoms with van der Waals surface area (Å²) < 4.78 is 13.7. The molecule has 0 aliphatic heterocycles. The monoisotopic (exact) mass is 266 g/mol. The van der Waals surface area contributed by atoms with Crippen LogP contribution in [0.5, 0.6) is 0 Å². The summed E-state index contributed by atoms with van der Waals surface area (Å²) in [5.74, 6) is 0. The molecule has 0 saturated heterocycles. The zero-order valence-corrected chi connectivity index (χ0v) is 11.4. The summed E-state index contributed by atoms with van der Waals surface area (Å²) >= 11 is 0. The third kappa shape index (κ3) is 2.11. The highest BCUT2D eigenvalue weighted by Crippen LogP contribution is 2.50. The second-order valence-electron chi connectivity index (χ2n) is 4.59. The summed E-state index contributed by atoms with van der Waals surface area (Å²) in [6.07, 6.45) is 8.01. The van der Waals surface area contributed by atoms with Crippen molar-refractivity contribution in [3.63, 3.8) is 0 Å². The van der Waals surface area contributed by atoms with Crippen LogP contribution in [0.15, 0.2) is 85.0 Å². The summed E-state index contributed by atoms with van der Waals surface area (Å²) in [6.45, 7) is 0. The van der Waals surface area contributed by atoms with Gasteiger partial charge in [-0.15, -0.1) is 0 Å². The van der Waals surface area contributed by atoms with Crippen LogP contribution < -0.4 is 10.6 Å². The molecule has 0 unspecified atom stereocenters. The van der Waals surface area contributed by atoms with E-state index in [2.05, 4.69) is 0 Å². The molecule has 1 aliphatic carbocycles. The van der Waals surface area contributed by atoms with Crippen molar-refractivity contribution in [2.45, 2.75) is 5.66 Å². The molecule has 0 saturated carbocycles. The molecule has 1 aliphatic rings. The molecule has 94 valence electrons. The number of benzene rings is 2. The zero-order valence-electron chi connectivity index (χ0n) is 10.5. The van der Waals surface area contributed by atoms with E-state index < -0.39 is 7.14 Å². The van der Waals surface area contributed by atoms with Crippen molar-refractivity contribution in [1.82, 2.24) is 0 Å². The molecule has 3 rings (SSSR count). The topological polar surface area (TPSA) is 17.1 Å². The molecule has 0 bridgehead atoms. The molecular formula is C17H15OP. The van der Waals surface area contributed by atoms with E-state index >= 15 is 0 Å². The quantitative estimate of drug-likeness (QED) is 0.777. The van der Waals surface area contributed by atoms with Crippen molar-refractivity contribution in [1.29, 1.82) is 0 Å². The van der Waals surface area contributed by atoms with Crippen LogP contribution in [0.2, 0.25) is 0 Å². The predicted octanol–water partition coefficient (Wildman–Crippen LogP) is 3.50. The van der Waals surface area contributed by atoms with E-state index in [0.717, 1.165) is 10.6 Å². The Bertz CT molecular complexity index is 601. The van der Waals surface area contributed by atoms with Crippen molar-refractivity contribution in [2.75, 3.05) is 0 Å². The van der Waals surface area contributed by atoms with E-state index in [9.17, 15) is 4.57 Å². The minimum atomic E-state index is -2.65. The van der Waals surface area contributed by atoms with Crippen molar-refractivity contribution in [3.05, 3.63) is 85.0 Å². The third-order valence-electron chi connectivity index (χ3n) is 3.43. The normalized spacial score (nSPS) is 14.9. The molecule has 2 aromatic rings. The molecule has 0 amide bonds. The molecule has 0 spiro atoms. The summed E-state index contributed by atoms with van der Waals surface area (Å²) in [6, 6.07) is 19.6. The highest BCUT2D eigenvalue weighted by Gasteiger charge is 2.34. The van der Waals surface area contributed by atoms with Crippen molar-refractivity contribution >= 4 is 17.8 Å². The lowest BCUT2D eigenvalue weighted by Gasteiger charge is -2.23. The van der Waals surface area contributed by atoms with Gasteiger partial charge < -0.3 is 4.57 Å². The van der Waals surface area contributed by atoms with E-state index in [1.165, 1.54) is 0 Å². The van der Waals surface area contributed by atoms with Crippen LogP contribution in [0.3, 0.4) is 0 Å².